The molecule has 196 valence electrons. The lowest BCUT2D eigenvalue weighted by molar-refractivity contribution is -0.150. The molecule has 3 unspecified atom stereocenters. The Hall–Kier alpha value is -3.12. The monoisotopic (exact) mass is 548 g/mol. The highest BCUT2D eigenvalue weighted by Gasteiger charge is 2.41. The summed E-state index contributed by atoms with van der Waals surface area (Å²) in [4.78, 5) is 51.9. The number of carbonyl (C=O) groups is 4. The standard InChI is InChI=1S/C25H26F2N4O4S2/c1-3-14(2)21(22(34)28-30-19(32)12-36-24(30)15-4-8-17(26)9-5-15)23(35)29-31-20(33)13-37-25(31)16-6-10-18(27)11-7-16/h4-11,14,21,24-25H,3,12-13H2,1-2H3,(H,28,34)(H,29,35). The molecule has 2 aromatic carbocycles. The van der Waals surface area contributed by atoms with Gasteiger partial charge in [-0.05, 0) is 41.3 Å². The van der Waals surface area contributed by atoms with Crippen LogP contribution >= 0.6 is 23.5 Å². The van der Waals surface area contributed by atoms with Crippen LogP contribution in [0.15, 0.2) is 48.5 Å². The van der Waals surface area contributed by atoms with Gasteiger partial charge < -0.3 is 0 Å². The van der Waals surface area contributed by atoms with Crippen molar-refractivity contribution in [2.24, 2.45) is 11.8 Å². The van der Waals surface area contributed by atoms with Crippen molar-refractivity contribution in [3.63, 3.8) is 0 Å². The van der Waals surface area contributed by atoms with Gasteiger partial charge in [-0.3, -0.25) is 30.0 Å². The van der Waals surface area contributed by atoms with Crippen LogP contribution in [0, 0.1) is 23.5 Å². The van der Waals surface area contributed by atoms with E-state index in [1.165, 1.54) is 82.1 Å². The molecule has 4 rings (SSSR count). The molecule has 4 amide bonds. The zero-order valence-corrected chi connectivity index (χ0v) is 21.8. The van der Waals surface area contributed by atoms with E-state index in [-0.39, 0.29) is 23.3 Å². The normalized spacial score (nSPS) is 21.2. The number of halogens is 2. The van der Waals surface area contributed by atoms with Gasteiger partial charge in [-0.25, -0.2) is 18.8 Å². The lowest BCUT2D eigenvalue weighted by atomic mass is 9.90. The van der Waals surface area contributed by atoms with E-state index in [9.17, 15) is 28.0 Å². The molecule has 2 N–H and O–H groups in total. The predicted molar refractivity (Wildman–Crippen MR) is 136 cm³/mol. The van der Waals surface area contributed by atoms with E-state index < -0.39 is 46.0 Å². The number of nitrogens with zero attached hydrogens (tertiary/aromatic N) is 2. The van der Waals surface area contributed by atoms with Crippen LogP contribution in [0.3, 0.4) is 0 Å². The van der Waals surface area contributed by atoms with Gasteiger partial charge in [0.25, 0.3) is 23.6 Å². The van der Waals surface area contributed by atoms with Crippen LogP contribution in [-0.2, 0) is 19.2 Å². The average Bonchev–Trinajstić information content (AvgIpc) is 3.42. The lowest BCUT2D eigenvalue weighted by Crippen LogP contribution is -2.54. The summed E-state index contributed by atoms with van der Waals surface area (Å²) >= 11 is 2.55. The van der Waals surface area contributed by atoms with Crippen LogP contribution in [0.5, 0.6) is 0 Å². The molecule has 0 aliphatic carbocycles. The molecule has 2 aliphatic rings. The first-order valence-corrected chi connectivity index (χ1v) is 13.8. The quantitative estimate of drug-likeness (QED) is 0.490. The third-order valence-corrected chi connectivity index (χ3v) is 8.71. The molecule has 12 heteroatoms. The van der Waals surface area contributed by atoms with E-state index in [1.54, 1.807) is 6.92 Å². The molecular weight excluding hydrogens is 522 g/mol. The molecule has 0 saturated carbocycles. The Morgan fingerprint density at radius 3 is 1.57 bits per heavy atom. The van der Waals surface area contributed by atoms with E-state index in [0.29, 0.717) is 17.5 Å². The number of carbonyl (C=O) groups excluding carboxylic acids is 4. The molecule has 2 aromatic rings. The second-order valence-electron chi connectivity index (χ2n) is 8.77. The van der Waals surface area contributed by atoms with Crippen LogP contribution in [0.4, 0.5) is 8.78 Å². The maximum Gasteiger partial charge on any atom is 0.252 e. The van der Waals surface area contributed by atoms with Gasteiger partial charge in [0, 0.05) is 0 Å². The largest absolute Gasteiger partial charge is 0.272 e. The molecule has 0 aromatic heterocycles. The Morgan fingerprint density at radius 2 is 1.22 bits per heavy atom. The summed E-state index contributed by atoms with van der Waals surface area (Å²) in [6.45, 7) is 3.56. The molecule has 2 saturated heterocycles. The minimum absolute atomic E-state index is 0.112. The molecule has 2 aliphatic heterocycles. The van der Waals surface area contributed by atoms with Gasteiger partial charge in [-0.1, -0.05) is 44.5 Å². The topological polar surface area (TPSA) is 98.8 Å². The summed E-state index contributed by atoms with van der Waals surface area (Å²) in [5.41, 5.74) is 6.44. The highest BCUT2D eigenvalue weighted by atomic mass is 32.2. The Morgan fingerprint density at radius 1 is 0.838 bits per heavy atom. The fourth-order valence-corrected chi connectivity index (χ4v) is 6.30. The highest BCUT2D eigenvalue weighted by Crippen LogP contribution is 2.39. The third kappa shape index (κ3) is 5.90. The summed E-state index contributed by atoms with van der Waals surface area (Å²) in [7, 11) is 0. The van der Waals surface area contributed by atoms with Gasteiger partial charge >= 0.3 is 0 Å². The van der Waals surface area contributed by atoms with E-state index >= 15 is 0 Å². The van der Waals surface area contributed by atoms with Crippen molar-refractivity contribution in [2.45, 2.75) is 31.0 Å². The summed E-state index contributed by atoms with van der Waals surface area (Å²) in [5.74, 6) is -4.31. The van der Waals surface area contributed by atoms with Crippen molar-refractivity contribution < 1.29 is 28.0 Å². The fraction of sp³-hybridized carbons (Fsp3) is 0.360. The summed E-state index contributed by atoms with van der Waals surface area (Å²) < 4.78 is 26.8. The number of hydrogen-bond donors (Lipinski definition) is 2. The van der Waals surface area contributed by atoms with Crippen molar-refractivity contribution in [2.75, 3.05) is 11.5 Å². The van der Waals surface area contributed by atoms with Gasteiger partial charge in [0.1, 0.15) is 28.3 Å². The predicted octanol–water partition coefficient (Wildman–Crippen LogP) is 3.54. The van der Waals surface area contributed by atoms with Crippen LogP contribution in [0.1, 0.15) is 42.1 Å². The van der Waals surface area contributed by atoms with Crippen LogP contribution in [-0.4, -0.2) is 45.2 Å². The van der Waals surface area contributed by atoms with Gasteiger partial charge in [-0.15, -0.1) is 23.5 Å². The Labute approximate surface area is 221 Å². The molecule has 8 nitrogen and oxygen atoms in total. The highest BCUT2D eigenvalue weighted by molar-refractivity contribution is 8.00. The number of nitrogens with one attached hydrogen (secondary N) is 2. The average molecular weight is 549 g/mol. The number of hydrazine groups is 2. The van der Waals surface area contributed by atoms with Crippen molar-refractivity contribution >= 4 is 47.2 Å². The van der Waals surface area contributed by atoms with Gasteiger partial charge in [-0.2, -0.15) is 0 Å². The van der Waals surface area contributed by atoms with Crippen LogP contribution in [0.2, 0.25) is 0 Å². The number of amides is 4. The van der Waals surface area contributed by atoms with Gasteiger partial charge in [0.2, 0.25) is 0 Å². The molecule has 37 heavy (non-hydrogen) atoms. The summed E-state index contributed by atoms with van der Waals surface area (Å²) in [6, 6.07) is 11.2. The minimum Gasteiger partial charge on any atom is -0.272 e. The number of thioether (sulfide) groups is 2. The van der Waals surface area contributed by atoms with Crippen molar-refractivity contribution in [1.29, 1.82) is 0 Å². The smallest absolute Gasteiger partial charge is 0.252 e. The van der Waals surface area contributed by atoms with Crippen molar-refractivity contribution in [1.82, 2.24) is 20.9 Å². The SMILES string of the molecule is CCC(C)C(C(=O)NN1C(=O)CSC1c1ccc(F)cc1)C(=O)NN1C(=O)CSC1c1ccc(F)cc1. The van der Waals surface area contributed by atoms with Crippen LogP contribution in [0.25, 0.3) is 0 Å². The Kier molecular flexibility index (Phi) is 8.38. The first-order valence-electron chi connectivity index (χ1n) is 11.7. The van der Waals surface area contributed by atoms with E-state index in [1.807, 2.05) is 6.92 Å². The molecule has 0 spiro atoms. The molecule has 0 radical (unpaired) electrons. The minimum atomic E-state index is -1.20. The number of benzene rings is 2. The lowest BCUT2D eigenvalue weighted by Gasteiger charge is -2.30. The third-order valence-electron chi connectivity index (χ3n) is 6.29. The zero-order valence-electron chi connectivity index (χ0n) is 20.1. The molecule has 2 fully saturated rings. The second-order valence-corrected chi connectivity index (χ2v) is 10.9. The second kappa shape index (κ2) is 11.5. The first kappa shape index (κ1) is 26.9. The summed E-state index contributed by atoms with van der Waals surface area (Å²) in [6.07, 6.45) is 0.486. The fourth-order valence-electron chi connectivity index (χ4n) is 4.09. The molecule has 3 atom stereocenters. The molecule has 2 heterocycles. The Bertz CT molecular complexity index is 1090. The number of rotatable bonds is 8. The van der Waals surface area contributed by atoms with E-state index in [2.05, 4.69) is 10.9 Å². The van der Waals surface area contributed by atoms with Crippen molar-refractivity contribution in [3.8, 4) is 0 Å². The van der Waals surface area contributed by atoms with Crippen molar-refractivity contribution in [3.05, 3.63) is 71.3 Å². The van der Waals surface area contributed by atoms with E-state index in [4.69, 9.17) is 0 Å². The Balaban J connectivity index is 1.51. The van der Waals surface area contributed by atoms with E-state index in [0.717, 1.165) is 0 Å². The van der Waals surface area contributed by atoms with Gasteiger partial charge in [0.05, 0.1) is 11.5 Å². The number of hydrogen-bond acceptors (Lipinski definition) is 6. The van der Waals surface area contributed by atoms with Crippen LogP contribution < -0.4 is 10.9 Å². The summed E-state index contributed by atoms with van der Waals surface area (Å²) in [5, 5.41) is 1.19. The molecule has 0 bridgehead atoms. The maximum atomic E-state index is 13.4. The first-order chi connectivity index (χ1) is 17.7. The van der Waals surface area contributed by atoms with Gasteiger partial charge in [0.15, 0.2) is 0 Å². The molecular formula is C25H26F2N4O4S2. The zero-order chi connectivity index (χ0) is 26.7. The maximum absolute atomic E-state index is 13.4.